The zero-order valence-corrected chi connectivity index (χ0v) is 8.46. The van der Waals surface area contributed by atoms with E-state index in [1.54, 1.807) is 0 Å². The highest BCUT2D eigenvalue weighted by Gasteiger charge is 2.45. The topological polar surface area (TPSA) is 27.7 Å². The molecule has 1 saturated heterocycles. The Hall–Kier alpha value is -0.0551. The highest BCUT2D eigenvalue weighted by molar-refractivity contribution is 6.37. The van der Waals surface area contributed by atoms with Gasteiger partial charge in [0.1, 0.15) is 0 Å². The molecular weight excluding hydrogens is 155 g/mol. The molecule has 3 nitrogen and oxygen atoms in total. The van der Waals surface area contributed by atoms with Gasteiger partial charge in [0.2, 0.25) is 0 Å². The first kappa shape index (κ1) is 10.0. The maximum absolute atomic E-state index is 5.53. The van der Waals surface area contributed by atoms with E-state index < -0.39 is 7.32 Å². The van der Waals surface area contributed by atoms with Crippen LogP contribution in [0.2, 0.25) is 0 Å². The predicted molar refractivity (Wildman–Crippen MR) is 47.7 cm³/mol. The molecule has 0 saturated carbocycles. The second-order valence-electron chi connectivity index (χ2n) is 3.97. The lowest BCUT2D eigenvalue weighted by Crippen LogP contribution is -2.31. The van der Waals surface area contributed by atoms with Crippen LogP contribution in [0, 0.1) is 0 Å². The molecule has 1 aliphatic heterocycles. The van der Waals surface area contributed by atoms with Gasteiger partial charge in [-0.1, -0.05) is 0 Å². The predicted octanol–water partition coefficient (Wildman–Crippen LogP) is 1.61. The summed E-state index contributed by atoms with van der Waals surface area (Å²) < 4.78 is 16.3. The Morgan fingerprint density at radius 3 is 2.33 bits per heavy atom. The van der Waals surface area contributed by atoms with Gasteiger partial charge in [-0.25, -0.2) is 0 Å². The SMILES string of the molecule is CC(C)OB1OC(C)C(C)(C)O1. The van der Waals surface area contributed by atoms with Crippen molar-refractivity contribution in [2.45, 2.75) is 52.4 Å². The molecular formula is C8H17BO3. The quantitative estimate of drug-likeness (QED) is 0.592. The molecule has 0 radical (unpaired) electrons. The molecule has 0 aliphatic carbocycles. The maximum atomic E-state index is 5.53. The van der Waals surface area contributed by atoms with Crippen LogP contribution in [0.25, 0.3) is 0 Å². The van der Waals surface area contributed by atoms with Gasteiger partial charge < -0.3 is 14.0 Å². The van der Waals surface area contributed by atoms with Gasteiger partial charge in [0.05, 0.1) is 11.7 Å². The fourth-order valence-corrected chi connectivity index (χ4v) is 0.984. The van der Waals surface area contributed by atoms with Crippen molar-refractivity contribution in [1.82, 2.24) is 0 Å². The van der Waals surface area contributed by atoms with Crippen LogP contribution in [-0.4, -0.2) is 25.1 Å². The first-order valence-corrected chi connectivity index (χ1v) is 4.40. The Labute approximate surface area is 74.6 Å². The summed E-state index contributed by atoms with van der Waals surface area (Å²) in [6.07, 6.45) is 0.220. The molecule has 0 aromatic rings. The molecule has 0 bridgehead atoms. The summed E-state index contributed by atoms with van der Waals surface area (Å²) in [7, 11) is -0.491. The van der Waals surface area contributed by atoms with Crippen molar-refractivity contribution in [3.63, 3.8) is 0 Å². The zero-order valence-electron chi connectivity index (χ0n) is 8.46. The first-order chi connectivity index (χ1) is 5.42. The molecule has 0 aromatic carbocycles. The Morgan fingerprint density at radius 1 is 1.42 bits per heavy atom. The standard InChI is InChI=1S/C8H17BO3/c1-6(2)10-9-11-7(3)8(4,5)12-9/h6-7H,1-5H3. The lowest BCUT2D eigenvalue weighted by Gasteiger charge is -2.20. The third kappa shape index (κ3) is 2.22. The molecule has 4 heteroatoms. The van der Waals surface area contributed by atoms with E-state index in [-0.39, 0.29) is 17.8 Å². The van der Waals surface area contributed by atoms with Crippen LogP contribution in [0.15, 0.2) is 0 Å². The van der Waals surface area contributed by atoms with Gasteiger partial charge in [-0.05, 0) is 34.6 Å². The van der Waals surface area contributed by atoms with Gasteiger partial charge in [-0.3, -0.25) is 0 Å². The van der Waals surface area contributed by atoms with Gasteiger partial charge in [-0.15, -0.1) is 0 Å². The Bertz CT molecular complexity index is 158. The molecule has 1 aliphatic rings. The first-order valence-electron chi connectivity index (χ1n) is 4.40. The van der Waals surface area contributed by atoms with Gasteiger partial charge in [-0.2, -0.15) is 0 Å². The summed E-state index contributed by atoms with van der Waals surface area (Å²) in [5, 5.41) is 0. The molecule has 12 heavy (non-hydrogen) atoms. The maximum Gasteiger partial charge on any atom is 0.640 e. The minimum absolute atomic E-state index is 0.0845. The molecule has 0 amide bonds. The third-order valence-corrected chi connectivity index (χ3v) is 2.08. The molecule has 1 rings (SSSR count). The van der Waals surface area contributed by atoms with E-state index >= 15 is 0 Å². The largest absolute Gasteiger partial charge is 0.640 e. The van der Waals surface area contributed by atoms with Crippen molar-refractivity contribution >= 4 is 7.32 Å². The van der Waals surface area contributed by atoms with E-state index in [9.17, 15) is 0 Å². The highest BCUT2D eigenvalue weighted by atomic mass is 16.8. The van der Waals surface area contributed by atoms with Crippen molar-refractivity contribution in [2.24, 2.45) is 0 Å². The van der Waals surface area contributed by atoms with Gasteiger partial charge in [0.15, 0.2) is 0 Å². The molecule has 0 aromatic heterocycles. The van der Waals surface area contributed by atoms with Crippen LogP contribution < -0.4 is 0 Å². The molecule has 70 valence electrons. The Morgan fingerprint density at radius 2 is 2.00 bits per heavy atom. The minimum atomic E-state index is -0.491. The summed E-state index contributed by atoms with van der Waals surface area (Å²) in [6.45, 7) is 9.91. The summed E-state index contributed by atoms with van der Waals surface area (Å²) in [6, 6.07) is 0. The van der Waals surface area contributed by atoms with Crippen molar-refractivity contribution in [3.8, 4) is 0 Å². The Balaban J connectivity index is 2.44. The second-order valence-corrected chi connectivity index (χ2v) is 3.97. The molecule has 1 unspecified atom stereocenters. The van der Waals surface area contributed by atoms with Crippen LogP contribution in [0.1, 0.15) is 34.6 Å². The molecule has 1 heterocycles. The van der Waals surface area contributed by atoms with E-state index in [1.165, 1.54) is 0 Å². The highest BCUT2D eigenvalue weighted by Crippen LogP contribution is 2.27. The Kier molecular flexibility index (Phi) is 2.81. The van der Waals surface area contributed by atoms with Gasteiger partial charge in [0.25, 0.3) is 0 Å². The summed E-state index contributed by atoms with van der Waals surface area (Å²) >= 11 is 0. The van der Waals surface area contributed by atoms with Crippen molar-refractivity contribution in [1.29, 1.82) is 0 Å². The normalized spacial score (nSPS) is 28.5. The van der Waals surface area contributed by atoms with E-state index in [0.29, 0.717) is 0 Å². The average molecular weight is 172 g/mol. The molecule has 1 fully saturated rings. The second kappa shape index (κ2) is 3.36. The van der Waals surface area contributed by atoms with Gasteiger partial charge in [0, 0.05) is 6.10 Å². The summed E-state index contributed by atoms with van der Waals surface area (Å²) in [5.41, 5.74) is -0.237. The summed E-state index contributed by atoms with van der Waals surface area (Å²) in [4.78, 5) is 0. The number of rotatable bonds is 2. The lowest BCUT2D eigenvalue weighted by atomic mass is 10.0. The van der Waals surface area contributed by atoms with E-state index in [4.69, 9.17) is 14.0 Å². The van der Waals surface area contributed by atoms with Gasteiger partial charge >= 0.3 is 7.32 Å². The third-order valence-electron chi connectivity index (χ3n) is 2.08. The van der Waals surface area contributed by atoms with E-state index in [0.717, 1.165) is 0 Å². The van der Waals surface area contributed by atoms with Crippen LogP contribution in [0.3, 0.4) is 0 Å². The van der Waals surface area contributed by atoms with Crippen LogP contribution in [-0.2, 0) is 14.0 Å². The van der Waals surface area contributed by atoms with E-state index in [2.05, 4.69) is 0 Å². The fraction of sp³-hybridized carbons (Fsp3) is 1.00. The molecule has 1 atom stereocenters. The monoisotopic (exact) mass is 172 g/mol. The average Bonchev–Trinajstić information content (AvgIpc) is 2.04. The van der Waals surface area contributed by atoms with Crippen LogP contribution >= 0.6 is 0 Å². The van der Waals surface area contributed by atoms with Crippen LogP contribution in [0.4, 0.5) is 0 Å². The fourth-order valence-electron chi connectivity index (χ4n) is 0.984. The van der Waals surface area contributed by atoms with Crippen LogP contribution in [0.5, 0.6) is 0 Å². The van der Waals surface area contributed by atoms with Crippen molar-refractivity contribution in [2.75, 3.05) is 0 Å². The number of hydrogen-bond acceptors (Lipinski definition) is 3. The molecule has 0 N–H and O–H groups in total. The van der Waals surface area contributed by atoms with E-state index in [1.807, 2.05) is 34.6 Å². The van der Waals surface area contributed by atoms with Crippen molar-refractivity contribution < 1.29 is 14.0 Å². The zero-order chi connectivity index (χ0) is 9.35. The number of hydrogen-bond donors (Lipinski definition) is 0. The minimum Gasteiger partial charge on any atom is -0.384 e. The summed E-state index contributed by atoms with van der Waals surface area (Å²) in [5.74, 6) is 0. The van der Waals surface area contributed by atoms with Crippen molar-refractivity contribution in [3.05, 3.63) is 0 Å². The smallest absolute Gasteiger partial charge is 0.384 e. The lowest BCUT2D eigenvalue weighted by molar-refractivity contribution is 0.0743. The molecule has 0 spiro atoms.